The monoisotopic (exact) mass is 457 g/mol. The molecule has 172 valence electrons. The molecule has 1 fully saturated rings. The Morgan fingerprint density at radius 2 is 1.72 bits per heavy atom. The average molecular weight is 458 g/mol. The van der Waals surface area contributed by atoms with E-state index in [9.17, 15) is 9.59 Å². The highest BCUT2D eigenvalue weighted by Gasteiger charge is 2.25. The molecule has 0 atom stereocenters. The topological polar surface area (TPSA) is 61.9 Å². The van der Waals surface area contributed by atoms with Gasteiger partial charge in [0, 0.05) is 37.7 Å². The highest BCUT2D eigenvalue weighted by atomic mass is 35.5. The number of carbonyl (C=O) groups excluding carboxylic acids is 2. The summed E-state index contributed by atoms with van der Waals surface area (Å²) in [6.07, 6.45) is 0. The van der Waals surface area contributed by atoms with Gasteiger partial charge < -0.3 is 19.9 Å². The van der Waals surface area contributed by atoms with Crippen molar-refractivity contribution in [1.29, 1.82) is 0 Å². The Labute approximate surface area is 195 Å². The lowest BCUT2D eigenvalue weighted by Crippen LogP contribution is -2.50. The van der Waals surface area contributed by atoms with Crippen LogP contribution in [0.1, 0.15) is 38.1 Å². The Morgan fingerprint density at radius 1 is 1.03 bits per heavy atom. The number of piperazine rings is 1. The molecule has 2 amide bonds. The molecule has 1 saturated heterocycles. The van der Waals surface area contributed by atoms with Gasteiger partial charge in [-0.15, -0.1) is 0 Å². The number of hydrogen-bond acceptors (Lipinski definition) is 4. The molecule has 0 aliphatic carbocycles. The third-order valence-electron chi connectivity index (χ3n) is 5.32. The summed E-state index contributed by atoms with van der Waals surface area (Å²) in [6, 6.07) is 12.7. The molecule has 1 aliphatic heterocycles. The van der Waals surface area contributed by atoms with E-state index in [1.807, 2.05) is 49.1 Å². The molecule has 2 aromatic rings. The summed E-state index contributed by atoms with van der Waals surface area (Å²) in [5.74, 6) is 0.993. The number of ether oxygens (including phenoxy) is 1. The lowest BCUT2D eigenvalue weighted by molar-refractivity contribution is -0.134. The maximum atomic E-state index is 13.0. The molecule has 2 aromatic carbocycles. The molecule has 0 saturated carbocycles. The van der Waals surface area contributed by atoms with Gasteiger partial charge in [-0.2, -0.15) is 0 Å². The first kappa shape index (κ1) is 23.9. The number of nitrogens with one attached hydrogen (secondary N) is 1. The van der Waals surface area contributed by atoms with Crippen molar-refractivity contribution < 1.29 is 14.3 Å². The number of rotatable bonds is 7. The van der Waals surface area contributed by atoms with Gasteiger partial charge in [0.25, 0.3) is 5.91 Å². The number of para-hydroxylation sites is 1. The van der Waals surface area contributed by atoms with Crippen LogP contribution in [0, 0.1) is 11.8 Å². The summed E-state index contributed by atoms with van der Waals surface area (Å²) in [4.78, 5) is 29.3. The second-order valence-corrected chi connectivity index (χ2v) is 9.20. The van der Waals surface area contributed by atoms with Gasteiger partial charge in [-0.05, 0) is 36.2 Å². The molecule has 6 nitrogen and oxygen atoms in total. The van der Waals surface area contributed by atoms with E-state index >= 15 is 0 Å². The Bertz CT molecular complexity index is 953. The summed E-state index contributed by atoms with van der Waals surface area (Å²) in [5.41, 5.74) is 1.95. The van der Waals surface area contributed by atoms with Crippen LogP contribution in [0.4, 0.5) is 11.4 Å². The van der Waals surface area contributed by atoms with Gasteiger partial charge in [0.05, 0.1) is 23.0 Å². The van der Waals surface area contributed by atoms with Gasteiger partial charge in [0.15, 0.2) is 0 Å². The smallest absolute Gasteiger partial charge is 0.255 e. The maximum Gasteiger partial charge on any atom is 0.255 e. The fraction of sp³-hybridized carbons (Fsp3) is 0.440. The summed E-state index contributed by atoms with van der Waals surface area (Å²) >= 11 is 6.54. The van der Waals surface area contributed by atoms with Crippen molar-refractivity contribution in [2.75, 3.05) is 43.0 Å². The molecule has 0 aromatic heterocycles. The Balaban J connectivity index is 1.74. The molecule has 1 N–H and O–H groups in total. The number of amides is 2. The van der Waals surface area contributed by atoms with E-state index in [2.05, 4.69) is 24.1 Å². The minimum absolute atomic E-state index is 0.0167. The fourth-order valence-corrected chi connectivity index (χ4v) is 3.93. The van der Waals surface area contributed by atoms with Gasteiger partial charge in [-0.25, -0.2) is 0 Å². The van der Waals surface area contributed by atoms with E-state index in [4.69, 9.17) is 16.3 Å². The zero-order chi connectivity index (χ0) is 23.3. The first-order valence-electron chi connectivity index (χ1n) is 11.1. The number of anilines is 2. The Morgan fingerprint density at radius 3 is 2.38 bits per heavy atom. The van der Waals surface area contributed by atoms with Gasteiger partial charge in [-0.3, -0.25) is 9.59 Å². The molecule has 0 unspecified atom stereocenters. The minimum Gasteiger partial charge on any atom is -0.493 e. The SMILES string of the molecule is CC(C)COc1cccc(C(=O)Nc2cccc(Cl)c2N2CCN(C(=O)C(C)C)CC2)c1. The van der Waals surface area contributed by atoms with Crippen molar-refractivity contribution in [3.63, 3.8) is 0 Å². The lowest BCUT2D eigenvalue weighted by Gasteiger charge is -2.38. The quantitative estimate of drug-likeness (QED) is 0.640. The highest BCUT2D eigenvalue weighted by Crippen LogP contribution is 2.35. The van der Waals surface area contributed by atoms with Gasteiger partial charge in [0.2, 0.25) is 5.91 Å². The molecular weight excluding hydrogens is 426 g/mol. The van der Waals surface area contributed by atoms with E-state index in [0.717, 1.165) is 5.69 Å². The average Bonchev–Trinajstić information content (AvgIpc) is 2.77. The van der Waals surface area contributed by atoms with E-state index in [0.29, 0.717) is 60.7 Å². The number of nitrogens with zero attached hydrogens (tertiary/aromatic N) is 2. The number of hydrogen-bond donors (Lipinski definition) is 1. The van der Waals surface area contributed by atoms with E-state index in [-0.39, 0.29) is 17.7 Å². The van der Waals surface area contributed by atoms with Crippen molar-refractivity contribution in [2.45, 2.75) is 27.7 Å². The molecular formula is C25H32ClN3O3. The van der Waals surface area contributed by atoms with Crippen LogP contribution in [-0.4, -0.2) is 49.5 Å². The van der Waals surface area contributed by atoms with Crippen LogP contribution in [0.25, 0.3) is 0 Å². The molecule has 32 heavy (non-hydrogen) atoms. The van der Waals surface area contributed by atoms with Crippen LogP contribution in [-0.2, 0) is 4.79 Å². The van der Waals surface area contributed by atoms with Gasteiger partial charge in [-0.1, -0.05) is 51.4 Å². The number of benzene rings is 2. The maximum absolute atomic E-state index is 13.0. The molecule has 0 spiro atoms. The third-order valence-corrected chi connectivity index (χ3v) is 5.62. The van der Waals surface area contributed by atoms with Crippen molar-refractivity contribution in [3.05, 3.63) is 53.1 Å². The summed E-state index contributed by atoms with van der Waals surface area (Å²) < 4.78 is 5.75. The standard InChI is InChI=1S/C25H32ClN3O3/c1-17(2)16-32-20-8-5-7-19(15-20)24(30)27-22-10-6-9-21(26)23(22)28-11-13-29(14-12-28)25(31)18(3)4/h5-10,15,17-18H,11-14,16H2,1-4H3,(H,27,30). The van der Waals surface area contributed by atoms with Crippen LogP contribution in [0.3, 0.4) is 0 Å². The van der Waals surface area contributed by atoms with Crippen LogP contribution >= 0.6 is 11.6 Å². The first-order valence-corrected chi connectivity index (χ1v) is 11.5. The zero-order valence-corrected chi connectivity index (χ0v) is 20.0. The Kier molecular flexibility index (Phi) is 8.02. The fourth-order valence-electron chi connectivity index (χ4n) is 3.64. The summed E-state index contributed by atoms with van der Waals surface area (Å²) in [7, 11) is 0. The highest BCUT2D eigenvalue weighted by molar-refractivity contribution is 6.34. The Hall–Kier alpha value is -2.73. The predicted octanol–water partition coefficient (Wildman–Crippen LogP) is 4.93. The molecule has 7 heteroatoms. The van der Waals surface area contributed by atoms with Crippen molar-refractivity contribution in [2.24, 2.45) is 11.8 Å². The number of halogens is 1. The lowest BCUT2D eigenvalue weighted by atomic mass is 10.1. The van der Waals surface area contributed by atoms with Gasteiger partial charge in [0.1, 0.15) is 5.75 Å². The summed E-state index contributed by atoms with van der Waals surface area (Å²) in [5, 5.41) is 3.58. The second-order valence-electron chi connectivity index (χ2n) is 8.79. The van der Waals surface area contributed by atoms with E-state index in [1.165, 1.54) is 0 Å². The van der Waals surface area contributed by atoms with Crippen molar-refractivity contribution in [1.82, 2.24) is 4.90 Å². The number of carbonyl (C=O) groups is 2. The molecule has 1 aliphatic rings. The van der Waals surface area contributed by atoms with Crippen molar-refractivity contribution in [3.8, 4) is 5.75 Å². The minimum atomic E-state index is -0.225. The third kappa shape index (κ3) is 5.94. The second kappa shape index (κ2) is 10.7. The predicted molar refractivity (Wildman–Crippen MR) is 130 cm³/mol. The van der Waals surface area contributed by atoms with Crippen LogP contribution < -0.4 is 15.0 Å². The van der Waals surface area contributed by atoms with Crippen LogP contribution in [0.5, 0.6) is 5.75 Å². The normalized spacial score (nSPS) is 14.1. The van der Waals surface area contributed by atoms with Crippen LogP contribution in [0.2, 0.25) is 5.02 Å². The van der Waals surface area contributed by atoms with Gasteiger partial charge >= 0.3 is 0 Å². The van der Waals surface area contributed by atoms with E-state index in [1.54, 1.807) is 12.1 Å². The molecule has 0 bridgehead atoms. The first-order chi connectivity index (χ1) is 15.3. The molecule has 3 rings (SSSR count). The van der Waals surface area contributed by atoms with E-state index < -0.39 is 0 Å². The zero-order valence-electron chi connectivity index (χ0n) is 19.2. The van der Waals surface area contributed by atoms with Crippen molar-refractivity contribution >= 4 is 34.8 Å². The summed E-state index contributed by atoms with van der Waals surface area (Å²) in [6.45, 7) is 11.2. The largest absolute Gasteiger partial charge is 0.493 e. The molecule has 1 heterocycles. The molecule has 0 radical (unpaired) electrons. The van der Waals surface area contributed by atoms with Crippen LogP contribution in [0.15, 0.2) is 42.5 Å².